The van der Waals surface area contributed by atoms with E-state index in [1.807, 2.05) is 0 Å². The molecule has 2 aromatic rings. The van der Waals surface area contributed by atoms with Gasteiger partial charge in [0.25, 0.3) is 10.1 Å². The number of hydrogen-bond donors (Lipinski definition) is 1. The van der Waals surface area contributed by atoms with E-state index >= 15 is 0 Å². The Bertz CT molecular complexity index is 791. The summed E-state index contributed by atoms with van der Waals surface area (Å²) in [5.41, 5.74) is 0.407. The van der Waals surface area contributed by atoms with Crippen molar-refractivity contribution in [2.24, 2.45) is 0 Å². The van der Waals surface area contributed by atoms with Gasteiger partial charge in [0.2, 0.25) is 0 Å². The molecular weight excluding hydrogens is 379 g/mol. The first-order valence-electron chi connectivity index (χ1n) is 8.46. The molecule has 0 unspecified atom stereocenters. The van der Waals surface area contributed by atoms with Crippen molar-refractivity contribution in [2.75, 3.05) is 0 Å². The molecule has 1 N–H and O–H groups in total. The molecule has 0 amide bonds. The fourth-order valence-corrected chi connectivity index (χ4v) is 3.57. The van der Waals surface area contributed by atoms with Gasteiger partial charge in [-0.15, -0.1) is 0 Å². The zero-order valence-electron chi connectivity index (χ0n) is 15.3. The maximum absolute atomic E-state index is 12.2. The van der Waals surface area contributed by atoms with Gasteiger partial charge in [-0.3, -0.25) is 4.55 Å². The first-order valence-corrected chi connectivity index (χ1v) is 9.90. The normalized spacial score (nSPS) is 11.0. The summed E-state index contributed by atoms with van der Waals surface area (Å²) in [7, 11) is -4.58. The molecule has 7 heteroatoms. The van der Waals surface area contributed by atoms with Crippen molar-refractivity contribution in [2.45, 2.75) is 50.3 Å². The Morgan fingerprint density at radius 2 is 1.65 bits per heavy atom. The van der Waals surface area contributed by atoms with Crippen LogP contribution >= 0.6 is 0 Å². The summed E-state index contributed by atoms with van der Waals surface area (Å²) in [6.45, 7) is 2.12. The maximum atomic E-state index is 12.2. The minimum Gasteiger partial charge on any atom is -0.870 e. The van der Waals surface area contributed by atoms with Gasteiger partial charge in [-0.2, -0.15) is 8.42 Å². The number of ether oxygens (including phenoxy) is 1. The number of benzene rings is 2. The van der Waals surface area contributed by atoms with Crippen LogP contribution in [-0.4, -0.2) is 13.0 Å². The van der Waals surface area contributed by atoms with Gasteiger partial charge in [-0.05, 0) is 30.5 Å². The number of para-hydroxylation sites is 1. The topological polar surface area (TPSA) is 86.7 Å². The predicted molar refractivity (Wildman–Crippen MR) is 94.7 cm³/mol. The van der Waals surface area contributed by atoms with E-state index in [9.17, 15) is 18.1 Å². The smallest absolute Gasteiger partial charge is 0.870 e. The second-order valence-corrected chi connectivity index (χ2v) is 7.29. The molecule has 0 saturated carbocycles. The Morgan fingerprint density at radius 1 is 1.00 bits per heavy atom. The van der Waals surface area contributed by atoms with Crippen LogP contribution < -0.4 is 61.2 Å². The van der Waals surface area contributed by atoms with Crippen LogP contribution in [0.2, 0.25) is 0 Å². The molecule has 2 rings (SSSR count). The van der Waals surface area contributed by atoms with E-state index in [0.717, 1.165) is 32.1 Å². The van der Waals surface area contributed by atoms with Gasteiger partial charge in [0.15, 0.2) is 0 Å². The van der Waals surface area contributed by atoms with Crippen LogP contribution in [0.25, 0.3) is 0 Å². The van der Waals surface area contributed by atoms with Gasteiger partial charge in [0, 0.05) is 0 Å². The van der Waals surface area contributed by atoms with Gasteiger partial charge in [-0.1, -0.05) is 68.7 Å². The van der Waals surface area contributed by atoms with Crippen molar-refractivity contribution in [3.63, 3.8) is 0 Å². The molecule has 5 nitrogen and oxygen atoms in total. The van der Waals surface area contributed by atoms with Crippen molar-refractivity contribution in [3.8, 4) is 17.2 Å². The quantitative estimate of drug-likeness (QED) is 0.388. The van der Waals surface area contributed by atoms with Crippen molar-refractivity contribution < 1.29 is 74.2 Å². The number of unbranched alkanes of at least 4 members (excludes halogenated alkanes) is 4. The van der Waals surface area contributed by atoms with E-state index in [1.54, 1.807) is 30.3 Å². The van der Waals surface area contributed by atoms with Crippen molar-refractivity contribution in [1.82, 2.24) is 0 Å². The second-order valence-electron chi connectivity index (χ2n) is 5.94. The first-order chi connectivity index (χ1) is 11.9. The number of rotatable bonds is 9. The molecule has 26 heavy (non-hydrogen) atoms. The third-order valence-corrected chi connectivity index (χ3v) is 4.89. The van der Waals surface area contributed by atoms with Crippen LogP contribution in [0.5, 0.6) is 17.2 Å². The molecule has 0 spiro atoms. The van der Waals surface area contributed by atoms with Gasteiger partial charge >= 0.3 is 51.4 Å². The molecule has 0 atom stereocenters. The number of hydrogen-bond acceptors (Lipinski definition) is 4. The molecule has 0 aliphatic rings. The summed E-state index contributed by atoms with van der Waals surface area (Å²) in [4.78, 5) is -0.417. The zero-order valence-corrected chi connectivity index (χ0v) is 19.2. The summed E-state index contributed by atoms with van der Waals surface area (Å²) in [5, 5.41) is 12.2. The zero-order chi connectivity index (χ0) is 18.3. The Balaban J connectivity index is 0.00000338. The van der Waals surface area contributed by atoms with E-state index in [-0.39, 0.29) is 57.1 Å². The maximum Gasteiger partial charge on any atom is 1.00 e. The monoisotopic (exact) mass is 402 g/mol. The van der Waals surface area contributed by atoms with Gasteiger partial charge < -0.3 is 9.84 Å². The van der Waals surface area contributed by atoms with Gasteiger partial charge in [0.05, 0.1) is 0 Å². The van der Waals surface area contributed by atoms with Crippen LogP contribution in [0.15, 0.2) is 47.4 Å². The predicted octanol–water partition coefficient (Wildman–Crippen LogP) is 1.32. The summed E-state index contributed by atoms with van der Waals surface area (Å²) < 4.78 is 38.9. The fraction of sp³-hybridized carbons (Fsp3) is 0.368. The average molecular weight is 403 g/mol. The van der Waals surface area contributed by atoms with Crippen LogP contribution in [0.1, 0.15) is 44.6 Å². The van der Waals surface area contributed by atoms with Crippen LogP contribution in [0.4, 0.5) is 0 Å². The van der Waals surface area contributed by atoms with Gasteiger partial charge in [-0.25, -0.2) is 0 Å². The molecule has 0 saturated heterocycles. The summed E-state index contributed by atoms with van der Waals surface area (Å²) in [5.74, 6) is -0.587. The van der Waals surface area contributed by atoms with E-state index in [0.29, 0.717) is 17.7 Å². The van der Waals surface area contributed by atoms with Crippen molar-refractivity contribution >= 4 is 10.1 Å². The average Bonchev–Trinajstić information content (AvgIpc) is 2.57. The summed E-state index contributed by atoms with van der Waals surface area (Å²) in [6, 6.07) is 11.2. The van der Waals surface area contributed by atoms with Crippen molar-refractivity contribution in [1.29, 1.82) is 0 Å². The van der Waals surface area contributed by atoms with E-state index in [4.69, 9.17) is 4.74 Å². The van der Waals surface area contributed by atoms with Crippen molar-refractivity contribution in [3.05, 3.63) is 48.0 Å². The Morgan fingerprint density at radius 3 is 2.27 bits per heavy atom. The third-order valence-electron chi connectivity index (χ3n) is 3.93. The molecule has 0 aliphatic heterocycles. The molecule has 0 aromatic heterocycles. The summed E-state index contributed by atoms with van der Waals surface area (Å²) >= 11 is 0. The number of aryl methyl sites for hydroxylation is 1. The summed E-state index contributed by atoms with van der Waals surface area (Å²) in [6.07, 6.45) is 5.54. The molecule has 0 aliphatic carbocycles. The Kier molecular flexibility index (Phi) is 10.4. The third kappa shape index (κ3) is 6.96. The molecule has 0 heterocycles. The molecule has 0 fully saturated rings. The molecular formula is C19H23KO5S. The molecule has 2 aromatic carbocycles. The van der Waals surface area contributed by atoms with Crippen LogP contribution in [-0.2, 0) is 16.5 Å². The standard InChI is InChI=1S/C19H24O5S.K/c1-2-3-4-5-7-10-15-13-14-17(20)18(19(15)25(21,22)23)24-16-11-8-6-9-12-16;/h6,8-9,11-14,20H,2-5,7,10H2,1H3,(H,21,22,23);/q;+1/p-1. The van der Waals surface area contributed by atoms with E-state index in [2.05, 4.69) is 6.92 Å². The van der Waals surface area contributed by atoms with E-state index < -0.39 is 20.8 Å². The second kappa shape index (κ2) is 11.4. The van der Waals surface area contributed by atoms with E-state index in [1.165, 1.54) is 12.1 Å². The molecule has 0 bridgehead atoms. The minimum absolute atomic E-state index is 0. The Hall–Kier alpha value is -0.414. The molecule has 0 radical (unpaired) electrons. The SMILES string of the molecule is CCCCCCCc1ccc([O-])c(Oc2ccccc2)c1S(=O)(=O)O.[K+]. The van der Waals surface area contributed by atoms with Gasteiger partial charge in [0.1, 0.15) is 16.4 Å². The first kappa shape index (κ1) is 23.6. The van der Waals surface area contributed by atoms with Crippen LogP contribution in [0, 0.1) is 0 Å². The Labute approximate surface area is 198 Å². The molecule has 136 valence electrons. The fourth-order valence-electron chi connectivity index (χ4n) is 2.69. The largest absolute Gasteiger partial charge is 1.00 e. The van der Waals surface area contributed by atoms with Crippen LogP contribution in [0.3, 0.4) is 0 Å². The minimum atomic E-state index is -4.58.